The van der Waals surface area contributed by atoms with Gasteiger partial charge in [0.25, 0.3) is 0 Å². The van der Waals surface area contributed by atoms with Gasteiger partial charge in [-0.2, -0.15) is 0 Å². The molecule has 86 valence electrons. The maximum atomic E-state index is 5.31. The molecule has 3 nitrogen and oxygen atoms in total. The highest BCUT2D eigenvalue weighted by atomic mass is 32.1. The summed E-state index contributed by atoms with van der Waals surface area (Å²) in [5.74, 6) is 1.74. The lowest BCUT2D eigenvalue weighted by Crippen LogP contribution is -1.83. The van der Waals surface area contributed by atoms with E-state index in [1.54, 1.807) is 18.4 Å². The molecule has 0 saturated carbocycles. The zero-order chi connectivity index (χ0) is 11.8. The molecule has 0 aliphatic rings. The number of benzene rings is 1. The third-order valence-corrected chi connectivity index (χ3v) is 3.60. The molecule has 0 atom stereocenters. The van der Waals surface area contributed by atoms with Crippen molar-refractivity contribution in [2.75, 3.05) is 7.11 Å². The fraction of sp³-hybridized carbons (Fsp3) is 0.154. The molecule has 0 unspecified atom stereocenters. The first-order chi connectivity index (χ1) is 8.28. The minimum absolute atomic E-state index is 0.866. The van der Waals surface area contributed by atoms with Gasteiger partial charge in [0.1, 0.15) is 10.6 Å². The molecule has 2 heterocycles. The molecule has 0 amide bonds. The molecule has 0 aliphatic carbocycles. The summed E-state index contributed by atoms with van der Waals surface area (Å²) in [6, 6.07) is 8.16. The van der Waals surface area contributed by atoms with Crippen LogP contribution in [0.5, 0.6) is 5.75 Å². The standard InChI is InChI=1S/C13H12N2OS/c1-8-3-4-9-10(7-8)15-13(14-9)12-11(16-2)5-6-17-12/h3-7H,1-2H3,(H,14,15). The van der Waals surface area contributed by atoms with Crippen molar-refractivity contribution in [3.63, 3.8) is 0 Å². The van der Waals surface area contributed by atoms with E-state index in [1.807, 2.05) is 17.5 Å². The predicted octanol–water partition coefficient (Wildman–Crippen LogP) is 3.61. The van der Waals surface area contributed by atoms with E-state index in [-0.39, 0.29) is 0 Å². The number of rotatable bonds is 2. The zero-order valence-corrected chi connectivity index (χ0v) is 10.5. The molecule has 3 aromatic rings. The largest absolute Gasteiger partial charge is 0.495 e. The Bertz CT molecular complexity index is 669. The summed E-state index contributed by atoms with van der Waals surface area (Å²) in [6.45, 7) is 2.08. The van der Waals surface area contributed by atoms with Crippen LogP contribution in [0.3, 0.4) is 0 Å². The number of hydrogen-bond donors (Lipinski definition) is 1. The van der Waals surface area contributed by atoms with Gasteiger partial charge in [0.15, 0.2) is 5.82 Å². The van der Waals surface area contributed by atoms with Crippen LogP contribution in [0.4, 0.5) is 0 Å². The fourth-order valence-electron chi connectivity index (χ4n) is 1.86. The second kappa shape index (κ2) is 3.89. The van der Waals surface area contributed by atoms with E-state index in [0.717, 1.165) is 27.5 Å². The normalized spacial score (nSPS) is 10.9. The van der Waals surface area contributed by atoms with Crippen molar-refractivity contribution in [2.45, 2.75) is 6.92 Å². The van der Waals surface area contributed by atoms with Gasteiger partial charge in [-0.1, -0.05) is 6.07 Å². The van der Waals surface area contributed by atoms with Gasteiger partial charge >= 0.3 is 0 Å². The number of imidazole rings is 1. The molecule has 0 aliphatic heterocycles. The van der Waals surface area contributed by atoms with E-state index in [2.05, 4.69) is 29.0 Å². The van der Waals surface area contributed by atoms with E-state index in [1.165, 1.54) is 5.56 Å². The van der Waals surface area contributed by atoms with Gasteiger partial charge in [0, 0.05) is 0 Å². The Kier molecular flexibility index (Phi) is 2.37. The minimum Gasteiger partial charge on any atom is -0.495 e. The SMILES string of the molecule is COc1ccsc1-c1nc2ccc(C)cc2[nH]1. The van der Waals surface area contributed by atoms with Crippen LogP contribution < -0.4 is 4.74 Å². The summed E-state index contributed by atoms with van der Waals surface area (Å²) in [7, 11) is 1.68. The highest BCUT2D eigenvalue weighted by Crippen LogP contribution is 2.34. The first-order valence-electron chi connectivity index (χ1n) is 5.36. The van der Waals surface area contributed by atoms with Crippen molar-refractivity contribution in [1.82, 2.24) is 9.97 Å². The molecule has 1 aromatic carbocycles. The van der Waals surface area contributed by atoms with E-state index in [4.69, 9.17) is 4.74 Å². The molecule has 0 fully saturated rings. The van der Waals surface area contributed by atoms with E-state index < -0.39 is 0 Å². The van der Waals surface area contributed by atoms with Crippen molar-refractivity contribution >= 4 is 22.4 Å². The lowest BCUT2D eigenvalue weighted by atomic mass is 10.2. The second-order valence-electron chi connectivity index (χ2n) is 3.92. The molecule has 0 bridgehead atoms. The number of thiophene rings is 1. The second-order valence-corrected chi connectivity index (χ2v) is 4.84. The molecule has 1 N–H and O–H groups in total. The first kappa shape index (κ1) is 10.4. The first-order valence-corrected chi connectivity index (χ1v) is 6.24. The summed E-state index contributed by atoms with van der Waals surface area (Å²) >= 11 is 1.63. The number of nitrogens with zero attached hydrogens (tertiary/aromatic N) is 1. The molecule has 0 spiro atoms. The van der Waals surface area contributed by atoms with Gasteiger partial charge in [0.2, 0.25) is 0 Å². The third-order valence-electron chi connectivity index (χ3n) is 2.70. The Morgan fingerprint density at radius 1 is 1.29 bits per heavy atom. The molecule has 3 rings (SSSR count). The van der Waals surface area contributed by atoms with Gasteiger partial charge in [-0.25, -0.2) is 4.98 Å². The number of aromatic nitrogens is 2. The van der Waals surface area contributed by atoms with Gasteiger partial charge in [0.05, 0.1) is 18.1 Å². The quantitative estimate of drug-likeness (QED) is 0.747. The maximum Gasteiger partial charge on any atom is 0.152 e. The molecule has 17 heavy (non-hydrogen) atoms. The number of nitrogens with one attached hydrogen (secondary N) is 1. The number of methoxy groups -OCH3 is 1. The lowest BCUT2D eigenvalue weighted by Gasteiger charge is -1.97. The molecular formula is C13H12N2OS. The number of fused-ring (bicyclic) bond motifs is 1. The monoisotopic (exact) mass is 244 g/mol. The molecule has 0 radical (unpaired) electrons. The molecular weight excluding hydrogens is 232 g/mol. The third kappa shape index (κ3) is 1.70. The Hall–Kier alpha value is -1.81. The Morgan fingerprint density at radius 3 is 3.00 bits per heavy atom. The van der Waals surface area contributed by atoms with E-state index in [0.29, 0.717) is 0 Å². The fourth-order valence-corrected chi connectivity index (χ4v) is 2.67. The summed E-state index contributed by atoms with van der Waals surface area (Å²) in [6.07, 6.45) is 0. The smallest absolute Gasteiger partial charge is 0.152 e. The van der Waals surface area contributed by atoms with Crippen LogP contribution >= 0.6 is 11.3 Å². The molecule has 2 aromatic heterocycles. The van der Waals surface area contributed by atoms with Crippen molar-refractivity contribution in [3.05, 3.63) is 35.2 Å². The van der Waals surface area contributed by atoms with Crippen molar-refractivity contribution in [3.8, 4) is 16.5 Å². The zero-order valence-electron chi connectivity index (χ0n) is 9.65. The predicted molar refractivity (Wildman–Crippen MR) is 70.7 cm³/mol. The number of aromatic amines is 1. The van der Waals surface area contributed by atoms with Crippen LogP contribution in [0.2, 0.25) is 0 Å². The van der Waals surface area contributed by atoms with Crippen LogP contribution in [0.15, 0.2) is 29.6 Å². The number of hydrogen-bond acceptors (Lipinski definition) is 3. The Morgan fingerprint density at radius 2 is 2.18 bits per heavy atom. The Labute approximate surface area is 103 Å². The van der Waals surface area contributed by atoms with E-state index >= 15 is 0 Å². The number of ether oxygens (including phenoxy) is 1. The topological polar surface area (TPSA) is 37.9 Å². The van der Waals surface area contributed by atoms with Crippen LogP contribution in [0.1, 0.15) is 5.56 Å². The average molecular weight is 244 g/mol. The number of H-pyrrole nitrogens is 1. The maximum absolute atomic E-state index is 5.31. The van der Waals surface area contributed by atoms with Gasteiger partial charge < -0.3 is 9.72 Å². The highest BCUT2D eigenvalue weighted by molar-refractivity contribution is 7.13. The summed E-state index contributed by atoms with van der Waals surface area (Å²) in [5, 5.41) is 2.01. The summed E-state index contributed by atoms with van der Waals surface area (Å²) in [4.78, 5) is 8.96. The van der Waals surface area contributed by atoms with Crippen LogP contribution in [-0.2, 0) is 0 Å². The van der Waals surface area contributed by atoms with E-state index in [9.17, 15) is 0 Å². The molecule has 0 saturated heterocycles. The Balaban J connectivity index is 2.18. The minimum atomic E-state index is 0.866. The average Bonchev–Trinajstić information content (AvgIpc) is 2.93. The van der Waals surface area contributed by atoms with Crippen molar-refractivity contribution in [2.24, 2.45) is 0 Å². The summed E-state index contributed by atoms with van der Waals surface area (Å²) < 4.78 is 5.31. The van der Waals surface area contributed by atoms with Crippen LogP contribution in [-0.4, -0.2) is 17.1 Å². The van der Waals surface area contributed by atoms with Crippen LogP contribution in [0, 0.1) is 6.92 Å². The van der Waals surface area contributed by atoms with Crippen molar-refractivity contribution in [1.29, 1.82) is 0 Å². The lowest BCUT2D eigenvalue weighted by molar-refractivity contribution is 0.418. The number of aryl methyl sites for hydroxylation is 1. The van der Waals surface area contributed by atoms with Gasteiger partial charge in [-0.3, -0.25) is 0 Å². The van der Waals surface area contributed by atoms with Gasteiger partial charge in [-0.15, -0.1) is 11.3 Å². The van der Waals surface area contributed by atoms with Crippen molar-refractivity contribution < 1.29 is 4.74 Å². The molecule has 4 heteroatoms. The summed E-state index contributed by atoms with van der Waals surface area (Å²) in [5.41, 5.74) is 3.28. The highest BCUT2D eigenvalue weighted by Gasteiger charge is 2.11. The van der Waals surface area contributed by atoms with Crippen LogP contribution in [0.25, 0.3) is 21.7 Å². The van der Waals surface area contributed by atoms with Gasteiger partial charge in [-0.05, 0) is 36.1 Å².